The molecule has 0 aliphatic carbocycles. The normalized spacial score (nSPS) is 10.1. The fourth-order valence-corrected chi connectivity index (χ4v) is 2.66. The maximum atomic E-state index is 5.42. The van der Waals surface area contributed by atoms with Gasteiger partial charge in [-0.05, 0) is 47.2 Å². The van der Waals surface area contributed by atoms with Crippen molar-refractivity contribution in [1.29, 1.82) is 0 Å². The Hall–Kier alpha value is -2.27. The fourth-order valence-electron chi connectivity index (χ4n) is 2.66. The van der Waals surface area contributed by atoms with Gasteiger partial charge in [0.05, 0.1) is 21.3 Å². The highest BCUT2D eigenvalue weighted by Gasteiger charge is 2.10. The average Bonchev–Trinajstić information content (AvgIpc) is 2.61. The summed E-state index contributed by atoms with van der Waals surface area (Å²) in [5.74, 6) is 2.29. The van der Waals surface area contributed by atoms with Gasteiger partial charge in [-0.1, -0.05) is 12.1 Å². The number of aromatic nitrogens is 1. The lowest BCUT2D eigenvalue weighted by Gasteiger charge is -2.12. The summed E-state index contributed by atoms with van der Waals surface area (Å²) in [5.41, 5.74) is 2.35. The first-order chi connectivity index (χ1) is 11.2. The Kier molecular flexibility index (Phi) is 6.04. The second-order valence-electron chi connectivity index (χ2n) is 5.25. The van der Waals surface area contributed by atoms with E-state index in [0.29, 0.717) is 5.75 Å². The summed E-state index contributed by atoms with van der Waals surface area (Å²) in [6.07, 6.45) is 4.54. The first-order valence-electron chi connectivity index (χ1n) is 7.36. The van der Waals surface area contributed by atoms with Crippen molar-refractivity contribution < 1.29 is 14.2 Å². The largest absolute Gasteiger partial charge is 0.497 e. The molecule has 0 radical (unpaired) electrons. The van der Waals surface area contributed by atoms with Gasteiger partial charge in [0, 0.05) is 17.8 Å². The Bertz CT molecular complexity index is 819. The molecule has 0 unspecified atom stereocenters. The van der Waals surface area contributed by atoms with Crippen molar-refractivity contribution in [2.45, 2.75) is 6.42 Å². The van der Waals surface area contributed by atoms with Gasteiger partial charge in [-0.15, -0.1) is 17.0 Å². The molecule has 126 valence electrons. The molecule has 2 aromatic carbocycles. The molecule has 0 saturated carbocycles. The average molecular weight is 390 g/mol. The van der Waals surface area contributed by atoms with E-state index in [4.69, 9.17) is 14.2 Å². The second-order valence-corrected chi connectivity index (χ2v) is 5.25. The summed E-state index contributed by atoms with van der Waals surface area (Å²) >= 11 is 0. The molecular weight excluding hydrogens is 370 g/mol. The zero-order valence-corrected chi connectivity index (χ0v) is 15.6. The Labute approximate surface area is 152 Å². The number of rotatable bonds is 5. The van der Waals surface area contributed by atoms with E-state index in [2.05, 4.69) is 17.1 Å². The fraction of sp³-hybridized carbons (Fsp3) is 0.211. The van der Waals surface area contributed by atoms with Crippen LogP contribution in [0.5, 0.6) is 17.2 Å². The van der Waals surface area contributed by atoms with E-state index in [1.54, 1.807) is 21.3 Å². The van der Waals surface area contributed by atoms with Crippen molar-refractivity contribution in [1.82, 2.24) is 4.98 Å². The molecule has 0 aliphatic rings. The smallest absolute Gasteiger partial charge is 0.161 e. The van der Waals surface area contributed by atoms with Crippen LogP contribution in [0.2, 0.25) is 0 Å². The number of hydrogen-bond donors (Lipinski definition) is 0. The summed E-state index contributed by atoms with van der Waals surface area (Å²) in [5, 5.41) is 2.15. The number of halogens is 1. The third kappa shape index (κ3) is 3.62. The minimum atomic E-state index is 0. The van der Waals surface area contributed by atoms with Crippen LogP contribution in [0.25, 0.3) is 10.8 Å². The highest BCUT2D eigenvalue weighted by Crippen LogP contribution is 2.33. The molecule has 3 aromatic rings. The van der Waals surface area contributed by atoms with Crippen LogP contribution in [-0.2, 0) is 6.42 Å². The van der Waals surface area contributed by atoms with Crippen LogP contribution in [0.4, 0.5) is 0 Å². The van der Waals surface area contributed by atoms with E-state index < -0.39 is 0 Å². The van der Waals surface area contributed by atoms with Crippen molar-refractivity contribution in [3.63, 3.8) is 0 Å². The van der Waals surface area contributed by atoms with Gasteiger partial charge in [0.15, 0.2) is 11.5 Å². The molecular formula is C19H20BrNO3. The van der Waals surface area contributed by atoms with Crippen LogP contribution in [-0.4, -0.2) is 26.3 Å². The van der Waals surface area contributed by atoms with Crippen LogP contribution in [0.15, 0.2) is 48.8 Å². The topological polar surface area (TPSA) is 40.6 Å². The molecule has 0 bridgehead atoms. The van der Waals surface area contributed by atoms with Crippen LogP contribution in [0, 0.1) is 0 Å². The van der Waals surface area contributed by atoms with Crippen molar-refractivity contribution >= 4 is 27.8 Å². The van der Waals surface area contributed by atoms with Gasteiger partial charge < -0.3 is 14.2 Å². The molecule has 4 nitrogen and oxygen atoms in total. The van der Waals surface area contributed by atoms with Crippen LogP contribution in [0.3, 0.4) is 0 Å². The molecule has 0 atom stereocenters. The van der Waals surface area contributed by atoms with Crippen molar-refractivity contribution in [3.8, 4) is 17.2 Å². The third-order valence-corrected chi connectivity index (χ3v) is 3.90. The Balaban J connectivity index is 0.00000208. The Morgan fingerprint density at radius 1 is 0.833 bits per heavy atom. The molecule has 0 saturated heterocycles. The molecule has 5 heteroatoms. The van der Waals surface area contributed by atoms with Crippen LogP contribution < -0.4 is 14.2 Å². The minimum absolute atomic E-state index is 0. The van der Waals surface area contributed by atoms with E-state index in [9.17, 15) is 0 Å². The summed E-state index contributed by atoms with van der Waals surface area (Å²) in [7, 11) is 4.95. The number of hydrogen-bond acceptors (Lipinski definition) is 4. The first kappa shape index (κ1) is 18.1. The van der Waals surface area contributed by atoms with E-state index in [1.165, 1.54) is 5.56 Å². The summed E-state index contributed by atoms with van der Waals surface area (Å²) < 4.78 is 16.0. The van der Waals surface area contributed by atoms with Crippen molar-refractivity contribution in [3.05, 3.63) is 59.9 Å². The predicted octanol–water partition coefficient (Wildman–Crippen LogP) is 4.43. The number of pyridine rings is 1. The van der Waals surface area contributed by atoms with E-state index in [0.717, 1.165) is 34.3 Å². The lowest BCUT2D eigenvalue weighted by molar-refractivity contribution is 0.356. The maximum absolute atomic E-state index is 5.42. The van der Waals surface area contributed by atoms with Crippen molar-refractivity contribution in [2.24, 2.45) is 0 Å². The van der Waals surface area contributed by atoms with Crippen molar-refractivity contribution in [2.75, 3.05) is 21.3 Å². The van der Waals surface area contributed by atoms with Gasteiger partial charge in [0.2, 0.25) is 0 Å². The molecule has 0 N–H and O–H groups in total. The summed E-state index contributed by atoms with van der Waals surface area (Å²) in [4.78, 5) is 4.35. The van der Waals surface area contributed by atoms with Gasteiger partial charge in [0.1, 0.15) is 5.75 Å². The lowest BCUT2D eigenvalue weighted by Crippen LogP contribution is -1.95. The second kappa shape index (κ2) is 8.02. The molecule has 0 aliphatic heterocycles. The van der Waals surface area contributed by atoms with E-state index >= 15 is 0 Å². The van der Waals surface area contributed by atoms with Gasteiger partial charge >= 0.3 is 0 Å². The molecule has 1 aromatic heterocycles. The molecule has 0 amide bonds. The quantitative estimate of drug-likeness (QED) is 0.646. The monoisotopic (exact) mass is 389 g/mol. The molecule has 0 spiro atoms. The molecule has 1 heterocycles. The van der Waals surface area contributed by atoms with Gasteiger partial charge in [0.25, 0.3) is 0 Å². The lowest BCUT2D eigenvalue weighted by atomic mass is 10.0. The number of benzene rings is 2. The van der Waals surface area contributed by atoms with Crippen LogP contribution in [0.1, 0.15) is 11.1 Å². The number of nitrogens with zero attached hydrogens (tertiary/aromatic N) is 1. The SMILES string of the molecule is Br.COc1ccc(Cc2cncc3cc(OC)c(OC)cc23)cc1. The Morgan fingerprint density at radius 3 is 2.12 bits per heavy atom. The highest BCUT2D eigenvalue weighted by atomic mass is 79.9. The molecule has 24 heavy (non-hydrogen) atoms. The first-order valence-corrected chi connectivity index (χ1v) is 7.36. The number of methoxy groups -OCH3 is 3. The van der Waals surface area contributed by atoms with E-state index in [-0.39, 0.29) is 17.0 Å². The third-order valence-electron chi connectivity index (χ3n) is 3.90. The zero-order chi connectivity index (χ0) is 16.2. The summed E-state index contributed by atoms with van der Waals surface area (Å²) in [6.45, 7) is 0. The van der Waals surface area contributed by atoms with Gasteiger partial charge in [-0.3, -0.25) is 4.98 Å². The minimum Gasteiger partial charge on any atom is -0.497 e. The zero-order valence-electron chi connectivity index (χ0n) is 13.9. The predicted molar refractivity (Wildman–Crippen MR) is 101 cm³/mol. The summed E-state index contributed by atoms with van der Waals surface area (Å²) in [6, 6.07) is 12.0. The number of fused-ring (bicyclic) bond motifs is 1. The number of ether oxygens (including phenoxy) is 3. The van der Waals surface area contributed by atoms with Gasteiger partial charge in [-0.2, -0.15) is 0 Å². The van der Waals surface area contributed by atoms with Gasteiger partial charge in [-0.25, -0.2) is 0 Å². The van der Waals surface area contributed by atoms with E-state index in [1.807, 2.05) is 36.7 Å². The molecule has 0 fully saturated rings. The molecule has 3 rings (SSSR count). The standard InChI is InChI=1S/C19H19NO3.BrH/c1-21-16-6-4-13(5-7-16)8-14-11-20-12-15-9-18(22-2)19(23-3)10-17(14)15;/h4-7,9-12H,8H2,1-3H3;1H. The van der Waals surface area contributed by atoms with Crippen LogP contribution >= 0.6 is 17.0 Å². The highest BCUT2D eigenvalue weighted by molar-refractivity contribution is 8.93. The Morgan fingerprint density at radius 2 is 1.50 bits per heavy atom. The maximum Gasteiger partial charge on any atom is 0.161 e.